The van der Waals surface area contributed by atoms with Crippen LogP contribution in [0.1, 0.15) is 18.6 Å². The Kier molecular flexibility index (Phi) is 1.75. The van der Waals surface area contributed by atoms with Crippen LogP contribution in [0.4, 0.5) is 0 Å². The summed E-state index contributed by atoms with van der Waals surface area (Å²) in [4.78, 5) is 4.04. The van der Waals surface area contributed by atoms with Gasteiger partial charge in [0, 0.05) is 11.6 Å². The molecule has 0 N–H and O–H groups in total. The summed E-state index contributed by atoms with van der Waals surface area (Å²) in [6, 6.07) is 7.74. The lowest BCUT2D eigenvalue weighted by Gasteiger charge is -1.92. The molecule has 3 nitrogen and oxygen atoms in total. The van der Waals surface area contributed by atoms with Crippen molar-refractivity contribution in [3.63, 3.8) is 0 Å². The first kappa shape index (κ1) is 7.81. The Morgan fingerprint density at radius 1 is 1.62 bits per heavy atom. The fourth-order valence-corrected chi connectivity index (χ4v) is 1.17. The molecule has 0 aliphatic rings. The Morgan fingerprint density at radius 2 is 2.46 bits per heavy atom. The number of fused-ring (bicyclic) bond motifs is 1. The van der Waals surface area contributed by atoms with Crippen LogP contribution in [0.25, 0.3) is 11.1 Å². The van der Waals surface area contributed by atoms with Crippen LogP contribution in [0.3, 0.4) is 0 Å². The first-order chi connectivity index (χ1) is 6.31. The average molecular weight is 172 g/mol. The van der Waals surface area contributed by atoms with Crippen molar-refractivity contribution in [3.05, 3.63) is 30.2 Å². The lowest BCUT2D eigenvalue weighted by molar-refractivity contribution is 0.531. The van der Waals surface area contributed by atoms with Crippen molar-refractivity contribution in [2.75, 3.05) is 0 Å². The van der Waals surface area contributed by atoms with Crippen LogP contribution in [-0.2, 0) is 0 Å². The van der Waals surface area contributed by atoms with E-state index in [2.05, 4.69) is 11.1 Å². The van der Waals surface area contributed by atoms with Crippen LogP contribution in [0.2, 0.25) is 0 Å². The van der Waals surface area contributed by atoms with Crippen LogP contribution in [0.15, 0.2) is 28.8 Å². The monoisotopic (exact) mass is 172 g/mol. The van der Waals surface area contributed by atoms with E-state index < -0.39 is 0 Å². The maximum Gasteiger partial charge on any atom is 0.226 e. The second kappa shape index (κ2) is 2.91. The van der Waals surface area contributed by atoms with Gasteiger partial charge in [-0.05, 0) is 25.1 Å². The number of nitriles is 1. The summed E-state index contributed by atoms with van der Waals surface area (Å²) in [5.74, 6) is 0.463. The van der Waals surface area contributed by atoms with Crippen LogP contribution in [0, 0.1) is 11.3 Å². The Morgan fingerprint density at radius 3 is 3.15 bits per heavy atom. The molecule has 0 saturated carbocycles. The maximum absolute atomic E-state index is 8.68. The zero-order chi connectivity index (χ0) is 9.26. The minimum atomic E-state index is -0.214. The highest BCUT2D eigenvalue weighted by Gasteiger charge is 2.10. The highest BCUT2D eigenvalue weighted by Crippen LogP contribution is 2.22. The zero-order valence-electron chi connectivity index (χ0n) is 7.19. The second-order valence-corrected chi connectivity index (χ2v) is 2.90. The SMILES string of the molecule is CC(C#N)c1cc2cccnc2o1. The van der Waals surface area contributed by atoms with E-state index in [1.807, 2.05) is 18.2 Å². The standard InChI is InChI=1S/C10H8N2O/c1-7(6-11)9-5-8-3-2-4-12-10(8)13-9/h2-5,7H,1H3. The quantitative estimate of drug-likeness (QED) is 0.663. The molecule has 0 radical (unpaired) electrons. The molecular weight excluding hydrogens is 164 g/mol. The van der Waals surface area contributed by atoms with E-state index in [0.717, 1.165) is 5.39 Å². The third-order valence-electron chi connectivity index (χ3n) is 1.93. The molecule has 2 aromatic heterocycles. The van der Waals surface area contributed by atoms with Gasteiger partial charge in [-0.1, -0.05) is 0 Å². The van der Waals surface area contributed by atoms with E-state index in [1.165, 1.54) is 0 Å². The number of furan rings is 1. The molecule has 0 spiro atoms. The minimum Gasteiger partial charge on any atom is -0.441 e. The number of hydrogen-bond acceptors (Lipinski definition) is 3. The van der Waals surface area contributed by atoms with Gasteiger partial charge in [-0.3, -0.25) is 0 Å². The van der Waals surface area contributed by atoms with Crippen molar-refractivity contribution in [3.8, 4) is 6.07 Å². The van der Waals surface area contributed by atoms with Crippen molar-refractivity contribution in [1.29, 1.82) is 5.26 Å². The molecule has 0 saturated heterocycles. The van der Waals surface area contributed by atoms with E-state index in [0.29, 0.717) is 11.5 Å². The van der Waals surface area contributed by atoms with Crippen molar-refractivity contribution < 1.29 is 4.42 Å². The van der Waals surface area contributed by atoms with Gasteiger partial charge in [0.05, 0.1) is 6.07 Å². The van der Waals surface area contributed by atoms with E-state index in [1.54, 1.807) is 13.1 Å². The fourth-order valence-electron chi connectivity index (χ4n) is 1.17. The summed E-state index contributed by atoms with van der Waals surface area (Å²) in [7, 11) is 0. The number of aromatic nitrogens is 1. The lowest BCUT2D eigenvalue weighted by Crippen LogP contribution is -1.83. The van der Waals surface area contributed by atoms with Crippen molar-refractivity contribution in [2.24, 2.45) is 0 Å². The first-order valence-electron chi connectivity index (χ1n) is 4.05. The third-order valence-corrected chi connectivity index (χ3v) is 1.93. The Bertz CT molecular complexity index is 434. The normalized spacial score (nSPS) is 12.6. The Labute approximate surface area is 75.6 Å². The van der Waals surface area contributed by atoms with E-state index >= 15 is 0 Å². The minimum absolute atomic E-state index is 0.214. The van der Waals surface area contributed by atoms with Gasteiger partial charge in [0.25, 0.3) is 0 Å². The molecule has 2 aromatic rings. The molecule has 0 amide bonds. The number of nitrogens with zero attached hydrogens (tertiary/aromatic N) is 2. The van der Waals surface area contributed by atoms with E-state index in [9.17, 15) is 0 Å². The Hall–Kier alpha value is -1.82. The molecule has 0 aliphatic heterocycles. The van der Waals surface area contributed by atoms with E-state index in [-0.39, 0.29) is 5.92 Å². The predicted molar refractivity (Wildman–Crippen MR) is 48.0 cm³/mol. The van der Waals surface area contributed by atoms with Gasteiger partial charge in [0.2, 0.25) is 5.71 Å². The number of pyridine rings is 1. The molecule has 0 fully saturated rings. The predicted octanol–water partition coefficient (Wildman–Crippen LogP) is 2.45. The second-order valence-electron chi connectivity index (χ2n) is 2.90. The lowest BCUT2D eigenvalue weighted by atomic mass is 10.1. The highest BCUT2D eigenvalue weighted by molar-refractivity contribution is 5.73. The van der Waals surface area contributed by atoms with Gasteiger partial charge >= 0.3 is 0 Å². The van der Waals surface area contributed by atoms with Crippen LogP contribution < -0.4 is 0 Å². The molecule has 2 heterocycles. The summed E-state index contributed by atoms with van der Waals surface area (Å²) in [5.41, 5.74) is 0.597. The first-order valence-corrected chi connectivity index (χ1v) is 4.05. The van der Waals surface area contributed by atoms with Gasteiger partial charge in [0.15, 0.2) is 0 Å². The summed E-state index contributed by atoms with van der Waals surface area (Å²) in [6.45, 7) is 1.80. The zero-order valence-corrected chi connectivity index (χ0v) is 7.19. The fraction of sp³-hybridized carbons (Fsp3) is 0.200. The molecule has 3 heteroatoms. The Balaban J connectivity index is 2.57. The summed E-state index contributed by atoms with van der Waals surface area (Å²) < 4.78 is 5.39. The molecule has 0 aliphatic carbocycles. The van der Waals surface area contributed by atoms with Crippen LogP contribution in [-0.4, -0.2) is 4.98 Å². The van der Waals surface area contributed by atoms with Crippen LogP contribution in [0.5, 0.6) is 0 Å². The molecular formula is C10H8N2O. The molecule has 2 rings (SSSR count). The molecule has 1 unspecified atom stereocenters. The highest BCUT2D eigenvalue weighted by atomic mass is 16.3. The van der Waals surface area contributed by atoms with Gasteiger partial charge < -0.3 is 4.42 Å². The summed E-state index contributed by atoms with van der Waals surface area (Å²) in [6.07, 6.45) is 1.67. The van der Waals surface area contributed by atoms with Crippen LogP contribution >= 0.6 is 0 Å². The summed E-state index contributed by atoms with van der Waals surface area (Å²) in [5, 5.41) is 9.63. The van der Waals surface area contributed by atoms with Gasteiger partial charge in [-0.2, -0.15) is 5.26 Å². The molecule has 0 bridgehead atoms. The van der Waals surface area contributed by atoms with Gasteiger partial charge in [-0.15, -0.1) is 0 Å². The van der Waals surface area contributed by atoms with Gasteiger partial charge in [0.1, 0.15) is 11.7 Å². The largest absolute Gasteiger partial charge is 0.441 e. The third kappa shape index (κ3) is 1.27. The van der Waals surface area contributed by atoms with E-state index in [4.69, 9.17) is 9.68 Å². The smallest absolute Gasteiger partial charge is 0.226 e. The number of hydrogen-bond donors (Lipinski definition) is 0. The molecule has 64 valence electrons. The van der Waals surface area contributed by atoms with Gasteiger partial charge in [-0.25, -0.2) is 4.98 Å². The molecule has 1 atom stereocenters. The molecule has 0 aromatic carbocycles. The summed E-state index contributed by atoms with van der Waals surface area (Å²) >= 11 is 0. The topological polar surface area (TPSA) is 49.8 Å². The number of rotatable bonds is 1. The van der Waals surface area contributed by atoms with Crippen molar-refractivity contribution in [1.82, 2.24) is 4.98 Å². The maximum atomic E-state index is 8.68. The average Bonchev–Trinajstić information content (AvgIpc) is 2.59. The van der Waals surface area contributed by atoms with Crippen molar-refractivity contribution >= 4 is 11.1 Å². The molecule has 13 heavy (non-hydrogen) atoms. The van der Waals surface area contributed by atoms with Crippen molar-refractivity contribution in [2.45, 2.75) is 12.8 Å².